The Balaban J connectivity index is 1.87. The van der Waals surface area contributed by atoms with Crippen LogP contribution in [0.4, 0.5) is 13.2 Å². The topological polar surface area (TPSA) is 59.2 Å². The molecule has 5 nitrogen and oxygen atoms in total. The van der Waals surface area contributed by atoms with Crippen molar-refractivity contribution in [3.05, 3.63) is 70.6 Å². The number of benzene rings is 2. The maximum atomic E-state index is 13.3. The fourth-order valence-electron chi connectivity index (χ4n) is 2.83. The van der Waals surface area contributed by atoms with Crippen LogP contribution in [0.5, 0.6) is 0 Å². The lowest BCUT2D eigenvalue weighted by Gasteiger charge is -2.22. The number of hydrogen-bond donors (Lipinski definition) is 0. The molecule has 1 amide bonds. The Labute approximate surface area is 170 Å². The van der Waals surface area contributed by atoms with E-state index < -0.39 is 23.2 Å². The van der Waals surface area contributed by atoms with Crippen molar-refractivity contribution in [3.8, 4) is 11.5 Å². The van der Waals surface area contributed by atoms with E-state index in [0.29, 0.717) is 17.0 Å². The predicted octanol–water partition coefficient (Wildman–Crippen LogP) is 5.46. The smallest absolute Gasteiger partial charge is 0.417 e. The normalized spacial score (nSPS) is 11.5. The number of halogens is 4. The molecule has 1 aromatic heterocycles. The lowest BCUT2D eigenvalue weighted by atomic mass is 10.1. The third-order valence-corrected chi connectivity index (χ3v) is 4.47. The zero-order valence-electron chi connectivity index (χ0n) is 15.4. The lowest BCUT2D eigenvalue weighted by Crippen LogP contribution is -2.33. The van der Waals surface area contributed by atoms with Gasteiger partial charge in [0.15, 0.2) is 0 Å². The van der Waals surface area contributed by atoms with Crippen molar-refractivity contribution in [1.29, 1.82) is 0 Å². The fraction of sp³-hybridized carbons (Fsp3) is 0.250. The third kappa shape index (κ3) is 4.76. The highest BCUT2D eigenvalue weighted by molar-refractivity contribution is 6.33. The van der Waals surface area contributed by atoms with Crippen LogP contribution < -0.4 is 0 Å². The Morgan fingerprint density at radius 2 is 1.79 bits per heavy atom. The van der Waals surface area contributed by atoms with Gasteiger partial charge < -0.3 is 9.32 Å². The molecule has 2 aromatic carbocycles. The number of carbonyl (C=O) groups is 1. The summed E-state index contributed by atoms with van der Waals surface area (Å²) >= 11 is 6.12. The first kappa shape index (κ1) is 20.9. The molecule has 0 saturated carbocycles. The Morgan fingerprint density at radius 3 is 2.48 bits per heavy atom. The number of amides is 1. The van der Waals surface area contributed by atoms with Gasteiger partial charge >= 0.3 is 6.18 Å². The summed E-state index contributed by atoms with van der Waals surface area (Å²) in [6.07, 6.45) is -4.09. The van der Waals surface area contributed by atoms with E-state index in [9.17, 15) is 18.0 Å². The molecule has 0 bridgehead atoms. The molecule has 0 spiro atoms. The number of alkyl halides is 3. The van der Waals surface area contributed by atoms with Crippen LogP contribution in [0.1, 0.15) is 35.2 Å². The van der Waals surface area contributed by atoms with Gasteiger partial charge in [-0.1, -0.05) is 42.8 Å². The standard InChI is InChI=1S/C20H17ClF3N3O2/c1-2-11-27(19(28)13-7-3-5-9-15(13)20(22,23)24)12-17-25-26-18(29-17)14-8-4-6-10-16(14)21/h3-10H,2,11-12H2,1H3. The molecule has 1 heterocycles. The maximum Gasteiger partial charge on any atom is 0.417 e. The first-order chi connectivity index (χ1) is 13.8. The van der Waals surface area contributed by atoms with Crippen LogP contribution in [0, 0.1) is 0 Å². The van der Waals surface area contributed by atoms with Crippen LogP contribution >= 0.6 is 11.6 Å². The van der Waals surface area contributed by atoms with Gasteiger partial charge in [-0.2, -0.15) is 13.2 Å². The molecule has 0 radical (unpaired) electrons. The van der Waals surface area contributed by atoms with Crippen molar-refractivity contribution in [2.24, 2.45) is 0 Å². The van der Waals surface area contributed by atoms with Gasteiger partial charge in [-0.3, -0.25) is 4.79 Å². The van der Waals surface area contributed by atoms with Crippen molar-refractivity contribution < 1.29 is 22.4 Å². The summed E-state index contributed by atoms with van der Waals surface area (Å²) in [7, 11) is 0. The van der Waals surface area contributed by atoms with Crippen molar-refractivity contribution in [2.45, 2.75) is 26.1 Å². The van der Waals surface area contributed by atoms with Gasteiger partial charge in [-0.05, 0) is 30.7 Å². The third-order valence-electron chi connectivity index (χ3n) is 4.14. The first-order valence-electron chi connectivity index (χ1n) is 8.84. The summed E-state index contributed by atoms with van der Waals surface area (Å²) < 4.78 is 45.5. The van der Waals surface area contributed by atoms with E-state index in [4.69, 9.17) is 16.0 Å². The number of carbonyl (C=O) groups excluding carboxylic acids is 1. The molecule has 0 N–H and O–H groups in total. The summed E-state index contributed by atoms with van der Waals surface area (Å²) in [5.41, 5.74) is -0.864. The minimum absolute atomic E-state index is 0.103. The number of nitrogens with zero attached hydrogens (tertiary/aromatic N) is 3. The average molecular weight is 424 g/mol. The molecule has 0 saturated heterocycles. The minimum Gasteiger partial charge on any atom is -0.419 e. The van der Waals surface area contributed by atoms with Crippen LogP contribution in [-0.2, 0) is 12.7 Å². The SMILES string of the molecule is CCCN(Cc1nnc(-c2ccccc2Cl)o1)C(=O)c1ccccc1C(F)(F)F. The number of aromatic nitrogens is 2. The predicted molar refractivity (Wildman–Crippen MR) is 101 cm³/mol. The van der Waals surface area contributed by atoms with Gasteiger partial charge in [0.2, 0.25) is 11.8 Å². The van der Waals surface area contributed by atoms with Gasteiger partial charge in [-0.15, -0.1) is 10.2 Å². The van der Waals surface area contributed by atoms with Crippen molar-refractivity contribution in [2.75, 3.05) is 6.54 Å². The van der Waals surface area contributed by atoms with Gasteiger partial charge in [-0.25, -0.2) is 0 Å². The molecule has 0 aliphatic heterocycles. The van der Waals surface area contributed by atoms with Gasteiger partial charge in [0.05, 0.1) is 28.3 Å². The van der Waals surface area contributed by atoms with Crippen molar-refractivity contribution >= 4 is 17.5 Å². The van der Waals surface area contributed by atoms with Gasteiger partial charge in [0.25, 0.3) is 5.91 Å². The Morgan fingerprint density at radius 1 is 1.10 bits per heavy atom. The quantitative estimate of drug-likeness (QED) is 0.528. The zero-order chi connectivity index (χ0) is 21.0. The van der Waals surface area contributed by atoms with Gasteiger partial charge in [0.1, 0.15) is 0 Å². The van der Waals surface area contributed by atoms with Crippen molar-refractivity contribution in [1.82, 2.24) is 15.1 Å². The Kier molecular flexibility index (Phi) is 6.22. The summed E-state index contributed by atoms with van der Waals surface area (Å²) in [5, 5.41) is 8.26. The molecule has 0 aliphatic carbocycles. The minimum atomic E-state index is -4.63. The monoisotopic (exact) mass is 423 g/mol. The maximum absolute atomic E-state index is 13.3. The molecule has 0 atom stereocenters. The molecule has 152 valence electrons. The van der Waals surface area contributed by atoms with Crippen LogP contribution in [0.2, 0.25) is 5.02 Å². The van der Waals surface area contributed by atoms with E-state index in [0.717, 1.165) is 12.1 Å². The molecule has 29 heavy (non-hydrogen) atoms. The summed E-state index contributed by atoms with van der Waals surface area (Å²) in [6.45, 7) is 1.93. The molecule has 3 rings (SSSR count). The van der Waals surface area contributed by atoms with E-state index >= 15 is 0 Å². The second kappa shape index (κ2) is 8.65. The van der Waals surface area contributed by atoms with Crippen LogP contribution in [0.3, 0.4) is 0 Å². The first-order valence-corrected chi connectivity index (χ1v) is 9.21. The molecule has 9 heteroatoms. The van der Waals surface area contributed by atoms with E-state index in [-0.39, 0.29) is 24.9 Å². The fourth-order valence-corrected chi connectivity index (χ4v) is 3.05. The second-order valence-corrected chi connectivity index (χ2v) is 6.66. The van der Waals surface area contributed by atoms with Crippen molar-refractivity contribution in [3.63, 3.8) is 0 Å². The second-order valence-electron chi connectivity index (χ2n) is 6.25. The molecule has 0 fully saturated rings. The van der Waals surface area contributed by atoms with Crippen LogP contribution in [0.25, 0.3) is 11.5 Å². The molecular formula is C20H17ClF3N3O2. The van der Waals surface area contributed by atoms with E-state index in [2.05, 4.69) is 10.2 Å². The molecule has 3 aromatic rings. The highest BCUT2D eigenvalue weighted by atomic mass is 35.5. The zero-order valence-corrected chi connectivity index (χ0v) is 16.2. The van der Waals surface area contributed by atoms with E-state index in [1.807, 2.05) is 6.92 Å². The summed E-state index contributed by atoms with van der Waals surface area (Å²) in [5.74, 6) is -0.478. The summed E-state index contributed by atoms with van der Waals surface area (Å²) in [4.78, 5) is 14.1. The van der Waals surface area contributed by atoms with Crippen LogP contribution in [0.15, 0.2) is 52.9 Å². The molecule has 0 unspecified atom stereocenters. The summed E-state index contributed by atoms with van der Waals surface area (Å²) in [6, 6.07) is 11.6. The molecular weight excluding hydrogens is 407 g/mol. The Bertz CT molecular complexity index is 1000. The molecule has 0 aliphatic rings. The average Bonchev–Trinajstić information content (AvgIpc) is 3.15. The van der Waals surface area contributed by atoms with E-state index in [1.165, 1.54) is 17.0 Å². The number of rotatable bonds is 6. The lowest BCUT2D eigenvalue weighted by molar-refractivity contribution is -0.138. The Hall–Kier alpha value is -2.87. The van der Waals surface area contributed by atoms with E-state index in [1.54, 1.807) is 24.3 Å². The number of hydrogen-bond acceptors (Lipinski definition) is 4. The van der Waals surface area contributed by atoms with Crippen LogP contribution in [-0.4, -0.2) is 27.5 Å². The highest BCUT2D eigenvalue weighted by Gasteiger charge is 2.36. The largest absolute Gasteiger partial charge is 0.419 e. The highest BCUT2D eigenvalue weighted by Crippen LogP contribution is 2.33. The van der Waals surface area contributed by atoms with Gasteiger partial charge in [0, 0.05) is 6.54 Å².